The maximum absolute atomic E-state index is 11.9. The molecule has 0 fully saturated rings. The van der Waals surface area contributed by atoms with E-state index < -0.39 is 23.2 Å². The molecule has 0 aliphatic heterocycles. The van der Waals surface area contributed by atoms with Crippen LogP contribution in [-0.2, 0) is 4.79 Å². The molecule has 0 unspecified atom stereocenters. The van der Waals surface area contributed by atoms with Crippen LogP contribution in [0.4, 0.5) is 5.82 Å². The van der Waals surface area contributed by atoms with Crippen LogP contribution in [0.15, 0.2) is 32.9 Å². The third kappa shape index (κ3) is 4.67. The van der Waals surface area contributed by atoms with Gasteiger partial charge in [-0.05, 0) is 19.1 Å². The van der Waals surface area contributed by atoms with Crippen LogP contribution in [0.25, 0.3) is 0 Å². The molecule has 0 bridgehead atoms. The third-order valence-electron chi connectivity index (χ3n) is 2.80. The number of amides is 1. The molecule has 1 aromatic heterocycles. The van der Waals surface area contributed by atoms with Crippen LogP contribution in [0.5, 0.6) is 0 Å². The number of aromatic amines is 2. The van der Waals surface area contributed by atoms with Gasteiger partial charge in [0.2, 0.25) is 5.82 Å². The summed E-state index contributed by atoms with van der Waals surface area (Å²) >= 11 is 11.7. The van der Waals surface area contributed by atoms with Crippen LogP contribution < -0.4 is 22.0 Å². The monoisotopic (exact) mass is 370 g/mol. The summed E-state index contributed by atoms with van der Waals surface area (Å²) in [4.78, 5) is 36.2. The second kappa shape index (κ2) is 7.75. The molecular formula is C13H12Cl2N6O3. The maximum atomic E-state index is 11.9. The van der Waals surface area contributed by atoms with Crippen molar-refractivity contribution in [3.8, 4) is 0 Å². The molecule has 0 spiro atoms. The van der Waals surface area contributed by atoms with Gasteiger partial charge in [0.1, 0.15) is 6.04 Å². The van der Waals surface area contributed by atoms with Crippen LogP contribution >= 0.6 is 23.2 Å². The molecule has 2 aromatic rings. The molecule has 0 aliphatic carbocycles. The Balaban J connectivity index is 1.97. The molecule has 0 saturated carbocycles. The summed E-state index contributed by atoms with van der Waals surface area (Å²) in [6, 6.07) is 3.99. The Labute approximate surface area is 145 Å². The highest BCUT2D eigenvalue weighted by Crippen LogP contribution is 2.19. The summed E-state index contributed by atoms with van der Waals surface area (Å²) < 4.78 is 0. The number of carbonyl (C=O) groups excluding carboxylic acids is 1. The van der Waals surface area contributed by atoms with Crippen molar-refractivity contribution in [1.29, 1.82) is 0 Å². The number of carbonyl (C=O) groups is 1. The number of halogens is 2. The number of hydrogen-bond donors (Lipinski definition) is 4. The Hall–Kier alpha value is -2.65. The van der Waals surface area contributed by atoms with E-state index in [1.165, 1.54) is 13.1 Å². The van der Waals surface area contributed by atoms with Gasteiger partial charge in [0, 0.05) is 10.6 Å². The largest absolute Gasteiger partial charge is 0.353 e. The number of hydrogen-bond acceptors (Lipinski definition) is 6. The predicted octanol–water partition coefficient (Wildman–Crippen LogP) is 0.716. The fourth-order valence-corrected chi connectivity index (χ4v) is 2.04. The van der Waals surface area contributed by atoms with E-state index in [0.717, 1.165) is 0 Å². The smallest absolute Gasteiger partial charge is 0.342 e. The first-order chi connectivity index (χ1) is 11.4. The van der Waals surface area contributed by atoms with Gasteiger partial charge in [-0.1, -0.05) is 29.3 Å². The van der Waals surface area contributed by atoms with Gasteiger partial charge in [0.15, 0.2) is 0 Å². The van der Waals surface area contributed by atoms with Gasteiger partial charge in [0.25, 0.3) is 11.5 Å². The van der Waals surface area contributed by atoms with Crippen LogP contribution in [0, 0.1) is 0 Å². The summed E-state index contributed by atoms with van der Waals surface area (Å²) in [7, 11) is 0. The first-order valence-electron chi connectivity index (χ1n) is 6.60. The van der Waals surface area contributed by atoms with E-state index in [2.05, 4.69) is 26.0 Å². The Bertz CT molecular complexity index is 892. The Morgan fingerprint density at radius 2 is 2.12 bits per heavy atom. The lowest BCUT2D eigenvalue weighted by Gasteiger charge is -2.11. The normalized spacial score (nSPS) is 12.1. The molecule has 2 rings (SSSR count). The lowest BCUT2D eigenvalue weighted by molar-refractivity contribution is -0.121. The number of anilines is 1. The van der Waals surface area contributed by atoms with Crippen molar-refractivity contribution in [2.75, 3.05) is 5.32 Å². The molecule has 24 heavy (non-hydrogen) atoms. The van der Waals surface area contributed by atoms with Gasteiger partial charge in [-0.2, -0.15) is 5.10 Å². The van der Waals surface area contributed by atoms with E-state index in [-0.39, 0.29) is 5.82 Å². The average Bonchev–Trinajstić information content (AvgIpc) is 2.52. The van der Waals surface area contributed by atoms with Crippen LogP contribution in [0.1, 0.15) is 12.5 Å². The quantitative estimate of drug-likeness (QED) is 0.454. The van der Waals surface area contributed by atoms with Crippen LogP contribution in [-0.4, -0.2) is 33.3 Å². The number of nitrogens with one attached hydrogen (secondary N) is 4. The summed E-state index contributed by atoms with van der Waals surface area (Å²) in [5, 5.41) is 12.8. The molecule has 1 amide bonds. The predicted molar refractivity (Wildman–Crippen MR) is 90.8 cm³/mol. The van der Waals surface area contributed by atoms with Crippen molar-refractivity contribution in [2.24, 2.45) is 5.10 Å². The zero-order chi connectivity index (χ0) is 17.7. The number of rotatable bonds is 5. The topological polar surface area (TPSA) is 132 Å². The molecular weight excluding hydrogens is 359 g/mol. The standard InChI is InChI=1S/C13H12Cl2N6O3/c1-6(17-10-12(23)18-13(24)21-19-10)11(22)20-16-5-7-2-3-8(14)4-9(7)15/h2-6H,1H3,(H,17,19)(H,20,22)(H2,18,21,23,24)/b16-5-/t6-/m0/s1. The molecule has 0 saturated heterocycles. The minimum Gasteiger partial charge on any atom is -0.353 e. The van der Waals surface area contributed by atoms with Gasteiger partial charge in [0.05, 0.1) is 11.2 Å². The van der Waals surface area contributed by atoms with Gasteiger partial charge in [-0.15, -0.1) is 5.10 Å². The Morgan fingerprint density at radius 1 is 1.38 bits per heavy atom. The number of benzene rings is 1. The van der Waals surface area contributed by atoms with Crippen molar-refractivity contribution in [3.05, 3.63) is 54.6 Å². The van der Waals surface area contributed by atoms with Gasteiger partial charge >= 0.3 is 5.69 Å². The highest BCUT2D eigenvalue weighted by atomic mass is 35.5. The van der Waals surface area contributed by atoms with E-state index >= 15 is 0 Å². The van der Waals surface area contributed by atoms with Crippen molar-refractivity contribution in [3.63, 3.8) is 0 Å². The van der Waals surface area contributed by atoms with Crippen molar-refractivity contribution < 1.29 is 4.79 Å². The van der Waals surface area contributed by atoms with Crippen LogP contribution in [0.3, 0.4) is 0 Å². The summed E-state index contributed by atoms with van der Waals surface area (Å²) in [5.41, 5.74) is 1.37. The summed E-state index contributed by atoms with van der Waals surface area (Å²) in [6.45, 7) is 1.49. The number of H-pyrrole nitrogens is 2. The minimum atomic E-state index is -0.831. The van der Waals surface area contributed by atoms with Crippen molar-refractivity contribution in [1.82, 2.24) is 20.6 Å². The molecule has 11 heteroatoms. The molecule has 1 aromatic carbocycles. The summed E-state index contributed by atoms with van der Waals surface area (Å²) in [5.74, 6) is -0.717. The maximum Gasteiger partial charge on any atom is 0.342 e. The molecule has 126 valence electrons. The lowest BCUT2D eigenvalue weighted by Crippen LogP contribution is -2.38. The van der Waals surface area contributed by atoms with Gasteiger partial charge < -0.3 is 5.32 Å². The molecule has 1 heterocycles. The first kappa shape index (κ1) is 17.7. The van der Waals surface area contributed by atoms with Gasteiger partial charge in [-0.25, -0.2) is 15.3 Å². The van der Waals surface area contributed by atoms with Crippen LogP contribution in [0.2, 0.25) is 10.0 Å². The SMILES string of the molecule is C[C@H](Nc1n[nH]c(=O)[nH]c1=O)C(=O)N/N=C\c1ccc(Cl)cc1Cl. The molecule has 9 nitrogen and oxygen atoms in total. The lowest BCUT2D eigenvalue weighted by atomic mass is 10.2. The average molecular weight is 371 g/mol. The van der Waals surface area contributed by atoms with E-state index in [1.807, 2.05) is 4.98 Å². The first-order valence-corrected chi connectivity index (χ1v) is 7.36. The zero-order valence-corrected chi connectivity index (χ0v) is 13.8. The molecule has 1 atom stereocenters. The fraction of sp³-hybridized carbons (Fsp3) is 0.154. The number of hydrazone groups is 1. The zero-order valence-electron chi connectivity index (χ0n) is 12.3. The Morgan fingerprint density at radius 3 is 2.79 bits per heavy atom. The third-order valence-corrected chi connectivity index (χ3v) is 3.36. The second-order valence-corrected chi connectivity index (χ2v) is 5.47. The van der Waals surface area contributed by atoms with Gasteiger partial charge in [-0.3, -0.25) is 14.6 Å². The van der Waals surface area contributed by atoms with E-state index in [1.54, 1.807) is 18.2 Å². The highest BCUT2D eigenvalue weighted by Gasteiger charge is 2.14. The Kier molecular flexibility index (Phi) is 5.72. The fourth-order valence-electron chi connectivity index (χ4n) is 1.58. The molecule has 0 aliphatic rings. The highest BCUT2D eigenvalue weighted by molar-refractivity contribution is 6.36. The van der Waals surface area contributed by atoms with Crippen molar-refractivity contribution in [2.45, 2.75) is 13.0 Å². The second-order valence-electron chi connectivity index (χ2n) is 4.62. The summed E-state index contributed by atoms with van der Waals surface area (Å²) in [6.07, 6.45) is 1.36. The number of aromatic nitrogens is 3. The molecule has 4 N–H and O–H groups in total. The van der Waals surface area contributed by atoms with Crippen molar-refractivity contribution >= 4 is 41.1 Å². The van der Waals surface area contributed by atoms with E-state index in [9.17, 15) is 14.4 Å². The van der Waals surface area contributed by atoms with E-state index in [0.29, 0.717) is 15.6 Å². The minimum absolute atomic E-state index is 0.193. The number of nitrogens with zero attached hydrogens (tertiary/aromatic N) is 2. The van der Waals surface area contributed by atoms with E-state index in [4.69, 9.17) is 23.2 Å². The molecule has 0 radical (unpaired) electrons.